The first kappa shape index (κ1) is 19.6. The number of carbonyl (C=O) groups excluding carboxylic acids is 1. The highest BCUT2D eigenvalue weighted by atomic mass is 16.5. The second kappa shape index (κ2) is 8.67. The van der Waals surface area contributed by atoms with Crippen LogP contribution in [0.3, 0.4) is 0 Å². The van der Waals surface area contributed by atoms with E-state index in [2.05, 4.69) is 39.3 Å². The quantitative estimate of drug-likeness (QED) is 0.675. The van der Waals surface area contributed by atoms with Crippen molar-refractivity contribution in [2.45, 2.75) is 18.9 Å². The predicted octanol–water partition coefficient (Wildman–Crippen LogP) is 1.43. The Kier molecular flexibility index (Phi) is 6.06. The lowest BCUT2D eigenvalue weighted by Gasteiger charge is -2.29. The SMILES string of the molecule is COc1cc(C#Cc2[nH]nc(NC3CCN(C)CC3)c2C(N)=O)cc(OC)c1. The molecule has 1 aromatic heterocycles. The zero-order valence-corrected chi connectivity index (χ0v) is 16.3. The Morgan fingerprint density at radius 3 is 2.43 bits per heavy atom. The van der Waals surface area contributed by atoms with Crippen LogP contribution in [0, 0.1) is 11.8 Å². The van der Waals surface area contributed by atoms with Gasteiger partial charge in [0.2, 0.25) is 0 Å². The van der Waals surface area contributed by atoms with Gasteiger partial charge in [-0.05, 0) is 51.0 Å². The molecule has 8 heteroatoms. The number of benzene rings is 1. The van der Waals surface area contributed by atoms with Crippen molar-refractivity contribution < 1.29 is 14.3 Å². The summed E-state index contributed by atoms with van der Waals surface area (Å²) in [5.41, 5.74) is 6.94. The number of aromatic nitrogens is 2. The molecular weight excluding hydrogens is 358 g/mol. The van der Waals surface area contributed by atoms with Gasteiger partial charge in [0.15, 0.2) is 5.82 Å². The Morgan fingerprint density at radius 1 is 1.21 bits per heavy atom. The number of carbonyl (C=O) groups is 1. The van der Waals surface area contributed by atoms with Gasteiger partial charge in [-0.2, -0.15) is 5.10 Å². The van der Waals surface area contributed by atoms with Crippen molar-refractivity contribution in [2.24, 2.45) is 5.73 Å². The van der Waals surface area contributed by atoms with Crippen molar-refractivity contribution in [3.8, 4) is 23.3 Å². The second-order valence-corrected chi connectivity index (χ2v) is 6.76. The van der Waals surface area contributed by atoms with Crippen LogP contribution in [0.5, 0.6) is 11.5 Å². The maximum Gasteiger partial charge on any atom is 0.255 e. The molecule has 4 N–H and O–H groups in total. The van der Waals surface area contributed by atoms with Crippen LogP contribution in [0.1, 0.15) is 34.5 Å². The Labute approximate surface area is 164 Å². The van der Waals surface area contributed by atoms with Crippen molar-refractivity contribution >= 4 is 11.7 Å². The van der Waals surface area contributed by atoms with E-state index in [1.807, 2.05) is 0 Å². The first-order chi connectivity index (χ1) is 13.5. The van der Waals surface area contributed by atoms with E-state index >= 15 is 0 Å². The van der Waals surface area contributed by atoms with Gasteiger partial charge in [-0.15, -0.1) is 0 Å². The molecule has 1 saturated heterocycles. The number of hydrogen-bond donors (Lipinski definition) is 3. The van der Waals surface area contributed by atoms with E-state index in [4.69, 9.17) is 15.2 Å². The molecule has 2 heterocycles. The van der Waals surface area contributed by atoms with Crippen LogP contribution in [-0.2, 0) is 0 Å². The molecule has 0 saturated carbocycles. The van der Waals surface area contributed by atoms with Crippen molar-refractivity contribution in [3.05, 3.63) is 35.0 Å². The van der Waals surface area contributed by atoms with Crippen LogP contribution in [0.25, 0.3) is 0 Å². The molecular formula is C20H25N5O3. The van der Waals surface area contributed by atoms with E-state index < -0.39 is 5.91 Å². The number of rotatable bonds is 5. The van der Waals surface area contributed by atoms with Gasteiger partial charge in [0, 0.05) is 17.7 Å². The molecule has 1 amide bonds. The number of ether oxygens (including phenoxy) is 2. The highest BCUT2D eigenvalue weighted by Crippen LogP contribution is 2.23. The van der Waals surface area contributed by atoms with Gasteiger partial charge in [-0.3, -0.25) is 9.89 Å². The highest BCUT2D eigenvalue weighted by molar-refractivity contribution is 5.99. The normalized spacial score (nSPS) is 14.8. The van der Waals surface area contributed by atoms with Gasteiger partial charge in [-0.1, -0.05) is 5.92 Å². The Bertz CT molecular complexity index is 882. The van der Waals surface area contributed by atoms with Crippen molar-refractivity contribution in [3.63, 3.8) is 0 Å². The minimum Gasteiger partial charge on any atom is -0.497 e. The predicted molar refractivity (Wildman–Crippen MR) is 107 cm³/mol. The zero-order chi connectivity index (χ0) is 20.1. The van der Waals surface area contributed by atoms with E-state index in [0.29, 0.717) is 28.6 Å². The van der Waals surface area contributed by atoms with Crippen LogP contribution in [0.4, 0.5) is 5.82 Å². The summed E-state index contributed by atoms with van der Waals surface area (Å²) in [7, 11) is 5.25. The molecule has 0 bridgehead atoms. The first-order valence-corrected chi connectivity index (χ1v) is 9.08. The number of nitrogens with zero attached hydrogens (tertiary/aromatic N) is 2. The Morgan fingerprint density at radius 2 is 1.86 bits per heavy atom. The summed E-state index contributed by atoms with van der Waals surface area (Å²) in [6, 6.07) is 5.59. The fraction of sp³-hybridized carbons (Fsp3) is 0.400. The number of piperidine rings is 1. The average molecular weight is 383 g/mol. The number of nitrogens with two attached hydrogens (primary N) is 1. The van der Waals surface area contributed by atoms with Crippen molar-refractivity contribution in [1.29, 1.82) is 0 Å². The molecule has 148 valence electrons. The molecule has 1 aliphatic rings. The molecule has 1 aliphatic heterocycles. The molecule has 0 aliphatic carbocycles. The fourth-order valence-electron chi connectivity index (χ4n) is 3.14. The lowest BCUT2D eigenvalue weighted by molar-refractivity contribution is 0.100. The number of likely N-dealkylation sites (tertiary alicyclic amines) is 1. The van der Waals surface area contributed by atoms with E-state index in [1.165, 1.54) is 0 Å². The first-order valence-electron chi connectivity index (χ1n) is 9.08. The van der Waals surface area contributed by atoms with E-state index in [0.717, 1.165) is 25.9 Å². The van der Waals surface area contributed by atoms with Gasteiger partial charge in [-0.25, -0.2) is 0 Å². The van der Waals surface area contributed by atoms with Crippen molar-refractivity contribution in [2.75, 3.05) is 39.7 Å². The fourth-order valence-corrected chi connectivity index (χ4v) is 3.14. The van der Waals surface area contributed by atoms with E-state index in [-0.39, 0.29) is 11.6 Å². The number of methoxy groups -OCH3 is 2. The van der Waals surface area contributed by atoms with E-state index in [1.54, 1.807) is 32.4 Å². The molecule has 1 aromatic carbocycles. The lowest BCUT2D eigenvalue weighted by atomic mass is 10.1. The summed E-state index contributed by atoms with van der Waals surface area (Å²) in [4.78, 5) is 14.3. The standard InChI is InChI=1S/C20H25N5O3/c1-25-8-6-14(7-9-25)22-20-18(19(21)26)17(23-24-20)5-4-13-10-15(27-2)12-16(11-13)28-3/h10-12,14H,6-9H2,1-3H3,(H2,21,26)(H2,22,23,24). The van der Waals surface area contributed by atoms with Crippen LogP contribution in [0.2, 0.25) is 0 Å². The van der Waals surface area contributed by atoms with Crippen LogP contribution >= 0.6 is 0 Å². The molecule has 8 nitrogen and oxygen atoms in total. The number of aromatic amines is 1. The van der Waals surface area contributed by atoms with Crippen LogP contribution in [0.15, 0.2) is 18.2 Å². The number of nitrogens with one attached hydrogen (secondary N) is 2. The molecule has 28 heavy (non-hydrogen) atoms. The molecule has 0 spiro atoms. The third kappa shape index (κ3) is 4.56. The zero-order valence-electron chi connectivity index (χ0n) is 16.3. The maximum atomic E-state index is 12.0. The molecule has 2 aromatic rings. The monoisotopic (exact) mass is 383 g/mol. The van der Waals surface area contributed by atoms with Gasteiger partial charge >= 0.3 is 0 Å². The third-order valence-electron chi connectivity index (χ3n) is 4.76. The minimum atomic E-state index is -0.572. The minimum absolute atomic E-state index is 0.251. The lowest BCUT2D eigenvalue weighted by Crippen LogP contribution is -2.37. The largest absolute Gasteiger partial charge is 0.497 e. The number of hydrogen-bond acceptors (Lipinski definition) is 6. The molecule has 3 rings (SSSR count). The number of amides is 1. The van der Waals surface area contributed by atoms with Crippen LogP contribution in [-0.4, -0.2) is 61.4 Å². The molecule has 0 atom stereocenters. The Hall–Kier alpha value is -3.18. The van der Waals surface area contributed by atoms with Gasteiger partial charge in [0.25, 0.3) is 5.91 Å². The van der Waals surface area contributed by atoms with Crippen molar-refractivity contribution in [1.82, 2.24) is 15.1 Å². The number of primary amides is 1. The topological polar surface area (TPSA) is 106 Å². The maximum absolute atomic E-state index is 12.0. The second-order valence-electron chi connectivity index (χ2n) is 6.76. The molecule has 1 fully saturated rings. The van der Waals surface area contributed by atoms with E-state index in [9.17, 15) is 4.79 Å². The highest BCUT2D eigenvalue weighted by Gasteiger charge is 2.22. The van der Waals surface area contributed by atoms with Gasteiger partial charge in [0.05, 0.1) is 14.2 Å². The summed E-state index contributed by atoms with van der Waals surface area (Å²) < 4.78 is 10.5. The molecule has 0 unspecified atom stereocenters. The smallest absolute Gasteiger partial charge is 0.255 e. The number of H-pyrrole nitrogens is 1. The summed E-state index contributed by atoms with van der Waals surface area (Å²) in [5, 5.41) is 10.4. The average Bonchev–Trinajstić information content (AvgIpc) is 3.10. The summed E-state index contributed by atoms with van der Waals surface area (Å²) in [6.45, 7) is 2.00. The summed E-state index contributed by atoms with van der Waals surface area (Å²) in [5.74, 6) is 7.10. The molecule has 0 radical (unpaired) electrons. The van der Waals surface area contributed by atoms with Gasteiger partial charge in [0.1, 0.15) is 22.8 Å². The Balaban J connectivity index is 1.85. The summed E-state index contributed by atoms with van der Waals surface area (Å²) in [6.07, 6.45) is 1.96. The van der Waals surface area contributed by atoms with Gasteiger partial charge < -0.3 is 25.4 Å². The van der Waals surface area contributed by atoms with Crippen LogP contribution < -0.4 is 20.5 Å². The third-order valence-corrected chi connectivity index (χ3v) is 4.76. The number of anilines is 1. The summed E-state index contributed by atoms with van der Waals surface area (Å²) >= 11 is 0.